The topological polar surface area (TPSA) is 55.6 Å². The van der Waals surface area contributed by atoms with Gasteiger partial charge in [-0.1, -0.05) is 42.5 Å². The van der Waals surface area contributed by atoms with Crippen LogP contribution in [-0.2, 0) is 12.0 Å². The molecule has 0 radical (unpaired) electrons. The van der Waals surface area contributed by atoms with Gasteiger partial charge in [-0.2, -0.15) is 0 Å². The van der Waals surface area contributed by atoms with E-state index in [-0.39, 0.29) is 11.3 Å². The number of fused-ring (bicyclic) bond motifs is 3. The summed E-state index contributed by atoms with van der Waals surface area (Å²) in [5.41, 5.74) is 9.02. The van der Waals surface area contributed by atoms with Crippen LogP contribution in [0.3, 0.4) is 0 Å². The first-order valence-corrected chi connectivity index (χ1v) is 9.93. The summed E-state index contributed by atoms with van der Waals surface area (Å²) in [6.07, 6.45) is 1.85. The Labute approximate surface area is 164 Å². The molecule has 0 unspecified atom stereocenters. The highest BCUT2D eigenvalue weighted by Crippen LogP contribution is 2.46. The van der Waals surface area contributed by atoms with Gasteiger partial charge in [0, 0.05) is 36.2 Å². The fourth-order valence-electron chi connectivity index (χ4n) is 4.59. The van der Waals surface area contributed by atoms with Gasteiger partial charge in [0.25, 0.3) is 5.91 Å². The number of hydrogen-bond acceptors (Lipinski definition) is 3. The van der Waals surface area contributed by atoms with E-state index >= 15 is 0 Å². The van der Waals surface area contributed by atoms with Crippen molar-refractivity contribution in [3.8, 4) is 5.75 Å². The lowest BCUT2D eigenvalue weighted by Gasteiger charge is -2.38. The van der Waals surface area contributed by atoms with E-state index in [1.807, 2.05) is 47.4 Å². The molecule has 4 nitrogen and oxygen atoms in total. The fourth-order valence-corrected chi connectivity index (χ4v) is 4.59. The first-order valence-electron chi connectivity index (χ1n) is 9.93. The quantitative estimate of drug-likeness (QED) is 0.743. The summed E-state index contributed by atoms with van der Waals surface area (Å²) in [4.78, 5) is 15.1. The minimum Gasteiger partial charge on any atom is -0.492 e. The second-order valence-corrected chi connectivity index (χ2v) is 7.96. The molecule has 0 atom stereocenters. The summed E-state index contributed by atoms with van der Waals surface area (Å²) in [7, 11) is 0. The zero-order valence-corrected chi connectivity index (χ0v) is 15.9. The van der Waals surface area contributed by atoms with Gasteiger partial charge in [0.05, 0.1) is 6.61 Å². The number of likely N-dealkylation sites (tertiary alicyclic amines) is 1. The molecule has 1 spiro atoms. The van der Waals surface area contributed by atoms with E-state index in [2.05, 4.69) is 18.2 Å². The Hall–Kier alpha value is -2.85. The van der Waals surface area contributed by atoms with E-state index in [0.717, 1.165) is 53.6 Å². The van der Waals surface area contributed by atoms with Crippen molar-refractivity contribution >= 4 is 16.7 Å². The van der Waals surface area contributed by atoms with Gasteiger partial charge in [-0.3, -0.25) is 4.79 Å². The fraction of sp³-hybridized carbons (Fsp3) is 0.292. The minimum atomic E-state index is 0.0146. The smallest absolute Gasteiger partial charge is 0.253 e. The number of nitrogens with two attached hydrogens (primary N) is 1. The van der Waals surface area contributed by atoms with E-state index in [4.69, 9.17) is 10.5 Å². The Bertz CT molecular complexity index is 1050. The number of ether oxygens (including phenoxy) is 1. The molecule has 5 rings (SSSR count). The summed E-state index contributed by atoms with van der Waals surface area (Å²) in [5, 5.41) is 2.27. The van der Waals surface area contributed by atoms with Crippen molar-refractivity contribution in [1.82, 2.24) is 4.90 Å². The third kappa shape index (κ3) is 2.76. The van der Waals surface area contributed by atoms with Gasteiger partial charge in [-0.15, -0.1) is 0 Å². The van der Waals surface area contributed by atoms with Crippen molar-refractivity contribution in [2.45, 2.75) is 24.8 Å². The van der Waals surface area contributed by atoms with Crippen molar-refractivity contribution in [3.63, 3.8) is 0 Å². The maximum absolute atomic E-state index is 13.1. The molecular weight excluding hydrogens is 348 g/mol. The van der Waals surface area contributed by atoms with Crippen LogP contribution in [0.1, 0.15) is 34.3 Å². The van der Waals surface area contributed by atoms with E-state index in [1.165, 1.54) is 5.56 Å². The van der Waals surface area contributed by atoms with Crippen LogP contribution in [0.2, 0.25) is 0 Å². The van der Waals surface area contributed by atoms with E-state index < -0.39 is 0 Å². The average Bonchev–Trinajstić information content (AvgIpc) is 3.10. The highest BCUT2D eigenvalue weighted by Gasteiger charge is 2.43. The predicted octanol–water partition coefficient (Wildman–Crippen LogP) is 3.86. The molecule has 0 aliphatic carbocycles. The lowest BCUT2D eigenvalue weighted by Crippen LogP contribution is -2.46. The highest BCUT2D eigenvalue weighted by molar-refractivity contribution is 5.98. The number of hydrogen-bond donors (Lipinski definition) is 1. The van der Waals surface area contributed by atoms with Crippen LogP contribution in [0.4, 0.5) is 0 Å². The van der Waals surface area contributed by atoms with Crippen LogP contribution < -0.4 is 10.5 Å². The first kappa shape index (κ1) is 17.3. The van der Waals surface area contributed by atoms with E-state index in [0.29, 0.717) is 13.2 Å². The van der Waals surface area contributed by atoms with Gasteiger partial charge in [0.15, 0.2) is 0 Å². The molecule has 142 valence electrons. The molecule has 3 aromatic carbocycles. The SMILES string of the molecule is NCc1ccc2c(c1)C1(CCN(C(=O)c3ccc4ccccc4c3)CC1)CO2. The summed E-state index contributed by atoms with van der Waals surface area (Å²) in [5.74, 6) is 1.10. The molecule has 1 amide bonds. The molecule has 3 aromatic rings. The maximum Gasteiger partial charge on any atom is 0.253 e. The molecule has 4 heteroatoms. The molecular formula is C24H24N2O2. The van der Waals surface area contributed by atoms with Crippen molar-refractivity contribution in [3.05, 3.63) is 77.4 Å². The Morgan fingerprint density at radius 2 is 1.79 bits per heavy atom. The predicted molar refractivity (Wildman–Crippen MR) is 111 cm³/mol. The summed E-state index contributed by atoms with van der Waals surface area (Å²) >= 11 is 0. The standard InChI is InChI=1S/C24H24N2O2/c25-15-17-5-8-22-21(13-17)24(16-28-22)9-11-26(12-10-24)23(27)20-7-6-18-3-1-2-4-19(18)14-20/h1-8,13-14H,9-12,15-16,25H2. The third-order valence-electron chi connectivity index (χ3n) is 6.36. The second-order valence-electron chi connectivity index (χ2n) is 7.96. The van der Waals surface area contributed by atoms with Gasteiger partial charge in [-0.25, -0.2) is 0 Å². The minimum absolute atomic E-state index is 0.0146. The molecule has 2 aliphatic heterocycles. The normalized spacial score (nSPS) is 17.5. The summed E-state index contributed by atoms with van der Waals surface area (Å²) in [6, 6.07) is 20.4. The molecule has 2 aliphatic rings. The van der Waals surface area contributed by atoms with Gasteiger partial charge < -0.3 is 15.4 Å². The lowest BCUT2D eigenvalue weighted by atomic mass is 9.74. The van der Waals surface area contributed by atoms with Crippen molar-refractivity contribution in [2.75, 3.05) is 19.7 Å². The zero-order valence-electron chi connectivity index (χ0n) is 15.9. The zero-order chi connectivity index (χ0) is 19.1. The Morgan fingerprint density at radius 1 is 1.00 bits per heavy atom. The molecule has 0 aromatic heterocycles. The monoisotopic (exact) mass is 372 g/mol. The summed E-state index contributed by atoms with van der Waals surface area (Å²) < 4.78 is 5.98. The Kier molecular flexibility index (Phi) is 4.09. The molecule has 2 N–H and O–H groups in total. The van der Waals surface area contributed by atoms with Gasteiger partial charge in [0.1, 0.15) is 5.75 Å². The van der Waals surface area contributed by atoms with Crippen LogP contribution in [0, 0.1) is 0 Å². The Balaban J connectivity index is 1.35. The van der Waals surface area contributed by atoms with E-state index in [9.17, 15) is 4.79 Å². The molecule has 1 fully saturated rings. The molecule has 28 heavy (non-hydrogen) atoms. The van der Waals surface area contributed by atoms with Crippen LogP contribution in [0.15, 0.2) is 60.7 Å². The second kappa shape index (κ2) is 6.64. The number of benzene rings is 3. The van der Waals surface area contributed by atoms with E-state index in [1.54, 1.807) is 0 Å². The molecule has 0 bridgehead atoms. The summed E-state index contributed by atoms with van der Waals surface area (Å²) in [6.45, 7) is 2.74. The number of amides is 1. The number of piperidine rings is 1. The molecule has 1 saturated heterocycles. The lowest BCUT2D eigenvalue weighted by molar-refractivity contribution is 0.0646. The number of carbonyl (C=O) groups is 1. The third-order valence-corrected chi connectivity index (χ3v) is 6.36. The molecule has 0 saturated carbocycles. The van der Waals surface area contributed by atoms with Crippen LogP contribution in [-0.4, -0.2) is 30.5 Å². The Morgan fingerprint density at radius 3 is 2.57 bits per heavy atom. The maximum atomic E-state index is 13.1. The van der Waals surface area contributed by atoms with Crippen LogP contribution in [0.5, 0.6) is 5.75 Å². The van der Waals surface area contributed by atoms with Crippen LogP contribution in [0.25, 0.3) is 10.8 Å². The van der Waals surface area contributed by atoms with Crippen molar-refractivity contribution in [1.29, 1.82) is 0 Å². The number of rotatable bonds is 2. The van der Waals surface area contributed by atoms with Gasteiger partial charge >= 0.3 is 0 Å². The largest absolute Gasteiger partial charge is 0.492 e. The number of nitrogens with zero attached hydrogens (tertiary/aromatic N) is 1. The van der Waals surface area contributed by atoms with Gasteiger partial charge in [0.2, 0.25) is 0 Å². The van der Waals surface area contributed by atoms with Gasteiger partial charge in [-0.05, 0) is 47.4 Å². The molecule has 2 heterocycles. The first-order chi connectivity index (χ1) is 13.7. The van der Waals surface area contributed by atoms with Crippen molar-refractivity contribution < 1.29 is 9.53 Å². The average molecular weight is 372 g/mol. The highest BCUT2D eigenvalue weighted by atomic mass is 16.5. The van der Waals surface area contributed by atoms with Crippen molar-refractivity contribution in [2.24, 2.45) is 5.73 Å². The van der Waals surface area contributed by atoms with Crippen LogP contribution >= 0.6 is 0 Å². The number of carbonyl (C=O) groups excluding carboxylic acids is 1.